The maximum atomic E-state index is 13.1. The van der Waals surface area contributed by atoms with Crippen molar-refractivity contribution in [3.05, 3.63) is 87.3 Å². The molecule has 3 aromatic rings. The number of nitrogens with one attached hydrogen (secondary N) is 1. The quantitative estimate of drug-likeness (QED) is 0.670. The van der Waals surface area contributed by atoms with Crippen LogP contribution in [0.25, 0.3) is 0 Å². The third kappa shape index (κ3) is 4.59. The molecule has 1 heterocycles. The van der Waals surface area contributed by atoms with Gasteiger partial charge in [-0.15, -0.1) is 11.3 Å². The molecule has 1 amide bonds. The van der Waals surface area contributed by atoms with Crippen LogP contribution in [0, 0.1) is 5.82 Å². The Morgan fingerprint density at radius 3 is 2.64 bits per heavy atom. The standard InChI is InChI=1S/C19H15ClFNO2S/c20-15-11-14(8-9-16(15)21)24-12-18(23)22-19(17-7-4-10-25-17)13-5-2-1-3-6-13/h1-11,19H,12H2,(H,22,23)/t19-/m1/s1. The molecule has 6 heteroatoms. The number of halogens is 2. The number of amides is 1. The van der Waals surface area contributed by atoms with Crippen molar-refractivity contribution in [2.45, 2.75) is 6.04 Å². The van der Waals surface area contributed by atoms with Crippen molar-refractivity contribution in [1.82, 2.24) is 5.32 Å². The lowest BCUT2D eigenvalue weighted by atomic mass is 10.1. The first kappa shape index (κ1) is 17.5. The molecule has 0 aliphatic rings. The molecule has 0 spiro atoms. The van der Waals surface area contributed by atoms with Crippen molar-refractivity contribution in [1.29, 1.82) is 0 Å². The van der Waals surface area contributed by atoms with Gasteiger partial charge in [-0.25, -0.2) is 4.39 Å². The van der Waals surface area contributed by atoms with Gasteiger partial charge in [0.1, 0.15) is 11.6 Å². The van der Waals surface area contributed by atoms with Crippen LogP contribution in [0.4, 0.5) is 4.39 Å². The average molecular weight is 376 g/mol. The van der Waals surface area contributed by atoms with Gasteiger partial charge in [0, 0.05) is 10.9 Å². The Morgan fingerprint density at radius 2 is 1.96 bits per heavy atom. The molecule has 1 N–H and O–H groups in total. The summed E-state index contributed by atoms with van der Waals surface area (Å²) < 4.78 is 18.5. The molecule has 128 valence electrons. The number of carbonyl (C=O) groups is 1. The van der Waals surface area contributed by atoms with E-state index < -0.39 is 5.82 Å². The minimum Gasteiger partial charge on any atom is -0.484 e. The molecule has 0 fully saturated rings. The van der Waals surface area contributed by atoms with Crippen molar-refractivity contribution < 1.29 is 13.9 Å². The number of thiophene rings is 1. The normalized spacial score (nSPS) is 11.8. The Bertz CT molecular complexity index is 840. The van der Waals surface area contributed by atoms with Crippen LogP contribution in [-0.4, -0.2) is 12.5 Å². The third-order valence-corrected chi connectivity index (χ3v) is 4.75. The average Bonchev–Trinajstić information content (AvgIpc) is 3.16. The molecule has 0 aliphatic carbocycles. The summed E-state index contributed by atoms with van der Waals surface area (Å²) in [5.74, 6) is -0.461. The molecule has 0 bridgehead atoms. The van der Waals surface area contributed by atoms with Crippen LogP contribution >= 0.6 is 22.9 Å². The molecule has 0 saturated heterocycles. The Hall–Kier alpha value is -2.37. The maximum Gasteiger partial charge on any atom is 0.258 e. The molecule has 0 saturated carbocycles. The number of ether oxygens (including phenoxy) is 1. The van der Waals surface area contributed by atoms with Crippen molar-refractivity contribution in [2.24, 2.45) is 0 Å². The fraction of sp³-hybridized carbons (Fsp3) is 0.105. The van der Waals surface area contributed by atoms with E-state index >= 15 is 0 Å². The van der Waals surface area contributed by atoms with Gasteiger partial charge in [0.25, 0.3) is 5.91 Å². The SMILES string of the molecule is O=C(COc1ccc(F)c(Cl)c1)N[C@H](c1ccccc1)c1cccs1. The van der Waals surface area contributed by atoms with Crippen LogP contribution < -0.4 is 10.1 Å². The van der Waals surface area contributed by atoms with Crippen molar-refractivity contribution >= 4 is 28.8 Å². The minimum absolute atomic E-state index is 0.0429. The number of carbonyl (C=O) groups excluding carboxylic acids is 1. The van der Waals surface area contributed by atoms with E-state index in [0.29, 0.717) is 5.75 Å². The topological polar surface area (TPSA) is 38.3 Å². The monoisotopic (exact) mass is 375 g/mol. The maximum absolute atomic E-state index is 13.1. The van der Waals surface area contributed by atoms with Gasteiger partial charge in [0.05, 0.1) is 11.1 Å². The van der Waals surface area contributed by atoms with Crippen molar-refractivity contribution in [3.63, 3.8) is 0 Å². The first-order chi connectivity index (χ1) is 12.1. The number of hydrogen-bond acceptors (Lipinski definition) is 3. The van der Waals surface area contributed by atoms with Gasteiger partial charge < -0.3 is 10.1 Å². The van der Waals surface area contributed by atoms with Crippen molar-refractivity contribution in [3.8, 4) is 5.75 Å². The van der Waals surface area contributed by atoms with Gasteiger partial charge in [-0.2, -0.15) is 0 Å². The molecular formula is C19H15ClFNO2S. The van der Waals surface area contributed by atoms with E-state index in [9.17, 15) is 9.18 Å². The van der Waals surface area contributed by atoms with E-state index in [1.54, 1.807) is 11.3 Å². The van der Waals surface area contributed by atoms with Crippen molar-refractivity contribution in [2.75, 3.05) is 6.61 Å². The van der Waals surface area contributed by atoms with E-state index in [4.69, 9.17) is 16.3 Å². The second-order valence-electron chi connectivity index (χ2n) is 5.29. The van der Waals surface area contributed by atoms with Gasteiger partial charge in [0.2, 0.25) is 0 Å². The summed E-state index contributed by atoms with van der Waals surface area (Å²) in [6.07, 6.45) is 0. The zero-order valence-electron chi connectivity index (χ0n) is 13.1. The first-order valence-corrected chi connectivity index (χ1v) is 8.85. The highest BCUT2D eigenvalue weighted by Crippen LogP contribution is 2.26. The lowest BCUT2D eigenvalue weighted by Crippen LogP contribution is -2.32. The molecule has 0 unspecified atom stereocenters. The fourth-order valence-corrected chi connectivity index (χ4v) is 3.31. The molecule has 1 aromatic heterocycles. The predicted octanol–water partition coefficient (Wildman–Crippen LogP) is 4.83. The molecule has 0 aliphatic heterocycles. The van der Waals surface area contributed by atoms with Crippen LogP contribution in [0.1, 0.15) is 16.5 Å². The summed E-state index contributed by atoms with van der Waals surface area (Å²) in [4.78, 5) is 13.3. The lowest BCUT2D eigenvalue weighted by Gasteiger charge is -2.18. The Balaban J connectivity index is 1.67. The van der Waals surface area contributed by atoms with Crippen LogP contribution in [0.15, 0.2) is 66.0 Å². The van der Waals surface area contributed by atoms with Crippen LogP contribution in [0.5, 0.6) is 5.75 Å². The largest absolute Gasteiger partial charge is 0.484 e. The van der Waals surface area contributed by atoms with Crippen LogP contribution in [0.3, 0.4) is 0 Å². The highest BCUT2D eigenvalue weighted by Gasteiger charge is 2.18. The smallest absolute Gasteiger partial charge is 0.258 e. The zero-order chi connectivity index (χ0) is 17.6. The number of benzene rings is 2. The molecule has 3 nitrogen and oxygen atoms in total. The summed E-state index contributed by atoms with van der Waals surface area (Å²) in [7, 11) is 0. The second kappa shape index (κ2) is 8.14. The van der Waals surface area contributed by atoms with Gasteiger partial charge in [0.15, 0.2) is 6.61 Å². The highest BCUT2D eigenvalue weighted by atomic mass is 35.5. The van der Waals surface area contributed by atoms with Gasteiger partial charge in [-0.3, -0.25) is 4.79 Å². The van der Waals surface area contributed by atoms with E-state index in [2.05, 4.69) is 5.32 Å². The van der Waals surface area contributed by atoms with E-state index in [1.807, 2.05) is 47.8 Å². The summed E-state index contributed by atoms with van der Waals surface area (Å²) >= 11 is 7.28. The molecule has 1 atom stereocenters. The van der Waals surface area contributed by atoms with E-state index in [-0.39, 0.29) is 23.6 Å². The number of rotatable bonds is 6. The summed E-state index contributed by atoms with van der Waals surface area (Å²) in [6.45, 7) is -0.184. The van der Waals surface area contributed by atoms with Crippen LogP contribution in [0.2, 0.25) is 5.02 Å². The third-order valence-electron chi connectivity index (χ3n) is 3.53. The van der Waals surface area contributed by atoms with Gasteiger partial charge in [-0.1, -0.05) is 48.0 Å². The lowest BCUT2D eigenvalue weighted by molar-refractivity contribution is -0.123. The zero-order valence-corrected chi connectivity index (χ0v) is 14.7. The highest BCUT2D eigenvalue weighted by molar-refractivity contribution is 7.10. The summed E-state index contributed by atoms with van der Waals surface area (Å²) in [5.41, 5.74) is 0.989. The predicted molar refractivity (Wildman–Crippen MR) is 97.7 cm³/mol. The van der Waals surface area contributed by atoms with Gasteiger partial charge in [-0.05, 0) is 29.1 Å². The Kier molecular flexibility index (Phi) is 5.68. The molecule has 0 radical (unpaired) electrons. The second-order valence-corrected chi connectivity index (χ2v) is 6.68. The number of hydrogen-bond donors (Lipinski definition) is 1. The van der Waals surface area contributed by atoms with E-state index in [0.717, 1.165) is 10.4 Å². The fourth-order valence-electron chi connectivity index (χ4n) is 2.34. The summed E-state index contributed by atoms with van der Waals surface area (Å²) in [5, 5.41) is 4.90. The van der Waals surface area contributed by atoms with Crippen LogP contribution in [-0.2, 0) is 4.79 Å². The van der Waals surface area contributed by atoms with E-state index in [1.165, 1.54) is 18.2 Å². The molecule has 2 aromatic carbocycles. The summed E-state index contributed by atoms with van der Waals surface area (Å²) in [6, 6.07) is 17.4. The Labute approximate surface area is 154 Å². The Morgan fingerprint density at radius 1 is 1.16 bits per heavy atom. The molecule has 3 rings (SSSR count). The molecular weight excluding hydrogens is 361 g/mol. The first-order valence-electron chi connectivity index (χ1n) is 7.59. The minimum atomic E-state index is -0.527. The molecule has 25 heavy (non-hydrogen) atoms. The van der Waals surface area contributed by atoms with Gasteiger partial charge >= 0.3 is 0 Å².